The Morgan fingerprint density at radius 1 is 1.62 bits per heavy atom. The highest BCUT2D eigenvalue weighted by molar-refractivity contribution is 4.90. The van der Waals surface area contributed by atoms with Crippen molar-refractivity contribution >= 4 is 0 Å². The third-order valence-corrected chi connectivity index (χ3v) is 1.27. The van der Waals surface area contributed by atoms with Crippen LogP contribution in [0.5, 0.6) is 0 Å². The van der Waals surface area contributed by atoms with E-state index in [-0.39, 0.29) is 0 Å². The van der Waals surface area contributed by atoms with Gasteiger partial charge in [0.2, 0.25) is 0 Å². The predicted molar refractivity (Wildman–Crippen MR) is 32.9 cm³/mol. The summed E-state index contributed by atoms with van der Waals surface area (Å²) in [4.78, 5) is 0. The molecule has 1 aliphatic rings. The van der Waals surface area contributed by atoms with Gasteiger partial charge in [0, 0.05) is 0 Å². The Morgan fingerprint density at radius 3 is 2.62 bits per heavy atom. The fraction of sp³-hybridized carbons (Fsp3) is 0.667. The van der Waals surface area contributed by atoms with Crippen LogP contribution in [0.1, 0.15) is 13.3 Å². The smallest absolute Gasteiger partial charge is 0.0907 e. The molecular weight excluding hydrogens is 100 g/mol. The number of hydrogen-bond acceptors (Lipinski definition) is 2. The summed E-state index contributed by atoms with van der Waals surface area (Å²) < 4.78 is 0. The molecule has 2 heteroatoms. The lowest BCUT2D eigenvalue weighted by molar-refractivity contribution is 0.716. The van der Waals surface area contributed by atoms with Crippen molar-refractivity contribution in [3.8, 4) is 0 Å². The van der Waals surface area contributed by atoms with Gasteiger partial charge in [-0.3, -0.25) is 0 Å². The van der Waals surface area contributed by atoms with Crippen molar-refractivity contribution < 1.29 is 0 Å². The van der Waals surface area contributed by atoms with Gasteiger partial charge in [-0.15, -0.1) is 6.58 Å². The number of rotatable bonds is 1. The molecule has 0 aliphatic carbocycles. The monoisotopic (exact) mass is 110 g/mol. The highest BCUT2D eigenvalue weighted by Crippen LogP contribution is 2.14. The van der Waals surface area contributed by atoms with Gasteiger partial charge in [-0.25, -0.2) is 0 Å². The predicted octanol–water partition coefficient (Wildman–Crippen LogP) is 1.79. The van der Waals surface area contributed by atoms with E-state index in [2.05, 4.69) is 23.7 Å². The highest BCUT2D eigenvalue weighted by Gasteiger charge is 2.13. The summed E-state index contributed by atoms with van der Waals surface area (Å²) in [5, 5.41) is 7.88. The van der Waals surface area contributed by atoms with Gasteiger partial charge in [0.25, 0.3) is 0 Å². The molecule has 0 saturated carbocycles. The van der Waals surface area contributed by atoms with Crippen LogP contribution in [0.2, 0.25) is 0 Å². The minimum Gasteiger partial charge on any atom is -0.190 e. The van der Waals surface area contributed by atoms with Crippen LogP contribution in [0.4, 0.5) is 0 Å². The van der Waals surface area contributed by atoms with E-state index in [1.165, 1.54) is 0 Å². The molecular formula is C6H10N2. The van der Waals surface area contributed by atoms with Crippen molar-refractivity contribution in [1.82, 2.24) is 0 Å². The zero-order valence-electron chi connectivity index (χ0n) is 5.04. The van der Waals surface area contributed by atoms with E-state index in [1.54, 1.807) is 0 Å². The second-order valence-corrected chi connectivity index (χ2v) is 2.12. The van der Waals surface area contributed by atoms with Crippen molar-refractivity contribution in [3.05, 3.63) is 12.7 Å². The Bertz CT molecular complexity index is 118. The molecule has 0 spiro atoms. The molecule has 0 aromatic rings. The zero-order valence-corrected chi connectivity index (χ0v) is 5.04. The maximum Gasteiger partial charge on any atom is 0.0907 e. The number of hydrogen-bond donors (Lipinski definition) is 0. The summed E-state index contributed by atoms with van der Waals surface area (Å²) in [5.41, 5.74) is 0. The van der Waals surface area contributed by atoms with Crippen LogP contribution >= 0.6 is 0 Å². The maximum atomic E-state index is 3.94. The molecule has 0 saturated heterocycles. The van der Waals surface area contributed by atoms with Crippen LogP contribution in [0.25, 0.3) is 0 Å². The molecule has 0 radical (unpaired) electrons. The molecule has 0 N–H and O–H groups in total. The molecule has 2 atom stereocenters. The summed E-state index contributed by atoms with van der Waals surface area (Å²) in [7, 11) is 0. The summed E-state index contributed by atoms with van der Waals surface area (Å²) in [5.74, 6) is 0. The van der Waals surface area contributed by atoms with Crippen LogP contribution in [0.15, 0.2) is 22.9 Å². The maximum absolute atomic E-state index is 3.94. The van der Waals surface area contributed by atoms with Crippen molar-refractivity contribution in [2.75, 3.05) is 0 Å². The van der Waals surface area contributed by atoms with Gasteiger partial charge < -0.3 is 0 Å². The number of nitrogens with zero attached hydrogens (tertiary/aromatic N) is 2. The molecule has 1 rings (SSSR count). The van der Waals surface area contributed by atoms with Gasteiger partial charge in [0.15, 0.2) is 0 Å². The molecule has 1 heterocycles. The van der Waals surface area contributed by atoms with E-state index in [9.17, 15) is 0 Å². The molecule has 8 heavy (non-hydrogen) atoms. The minimum atomic E-state index is 0.296. The Kier molecular flexibility index (Phi) is 1.42. The lowest BCUT2D eigenvalue weighted by Gasteiger charge is -1.94. The van der Waals surface area contributed by atoms with Crippen LogP contribution in [0.3, 0.4) is 0 Å². The zero-order chi connectivity index (χ0) is 5.98. The average molecular weight is 110 g/mol. The first kappa shape index (κ1) is 5.48. The van der Waals surface area contributed by atoms with Crippen LogP contribution < -0.4 is 0 Å². The Hall–Kier alpha value is -0.660. The van der Waals surface area contributed by atoms with E-state index in [1.807, 2.05) is 6.08 Å². The quantitative estimate of drug-likeness (QED) is 0.460. The summed E-state index contributed by atoms with van der Waals surface area (Å²) in [6, 6.07) is 0.711. The van der Waals surface area contributed by atoms with Crippen molar-refractivity contribution in [1.29, 1.82) is 0 Å². The average Bonchev–Trinajstić information content (AvgIpc) is 2.14. The van der Waals surface area contributed by atoms with Crippen molar-refractivity contribution in [2.45, 2.75) is 25.4 Å². The van der Waals surface area contributed by atoms with Gasteiger partial charge in [-0.1, -0.05) is 6.08 Å². The minimum absolute atomic E-state index is 0.296. The molecule has 0 aromatic heterocycles. The normalized spacial score (nSPS) is 35.6. The highest BCUT2D eigenvalue weighted by atomic mass is 15.2. The van der Waals surface area contributed by atoms with E-state index < -0.39 is 0 Å². The number of azo groups is 1. The summed E-state index contributed by atoms with van der Waals surface area (Å²) in [6.45, 7) is 5.69. The van der Waals surface area contributed by atoms with Gasteiger partial charge in [0.1, 0.15) is 0 Å². The third-order valence-electron chi connectivity index (χ3n) is 1.27. The van der Waals surface area contributed by atoms with Crippen LogP contribution in [-0.4, -0.2) is 12.1 Å². The first-order valence-electron chi connectivity index (χ1n) is 2.85. The fourth-order valence-electron chi connectivity index (χ4n) is 0.787. The molecule has 44 valence electrons. The van der Waals surface area contributed by atoms with Gasteiger partial charge in [0.05, 0.1) is 12.1 Å². The Morgan fingerprint density at radius 2 is 2.38 bits per heavy atom. The second kappa shape index (κ2) is 2.07. The molecule has 0 amide bonds. The molecule has 0 aromatic carbocycles. The van der Waals surface area contributed by atoms with E-state index in [0.29, 0.717) is 12.1 Å². The summed E-state index contributed by atoms with van der Waals surface area (Å²) in [6.07, 6.45) is 2.89. The van der Waals surface area contributed by atoms with Crippen LogP contribution in [-0.2, 0) is 0 Å². The molecule has 1 aliphatic heterocycles. The molecule has 0 bridgehead atoms. The third kappa shape index (κ3) is 0.941. The van der Waals surface area contributed by atoms with E-state index in [0.717, 1.165) is 6.42 Å². The first-order chi connectivity index (χ1) is 3.83. The lowest BCUT2D eigenvalue weighted by Crippen LogP contribution is -1.99. The van der Waals surface area contributed by atoms with Gasteiger partial charge in [-0.2, -0.15) is 10.2 Å². The fourth-order valence-corrected chi connectivity index (χ4v) is 0.787. The van der Waals surface area contributed by atoms with Gasteiger partial charge in [-0.05, 0) is 13.3 Å². The Balaban J connectivity index is 2.45. The second-order valence-electron chi connectivity index (χ2n) is 2.12. The largest absolute Gasteiger partial charge is 0.190 e. The molecule has 0 fully saturated rings. The molecule has 2 nitrogen and oxygen atoms in total. The summed E-state index contributed by atoms with van der Waals surface area (Å²) >= 11 is 0. The lowest BCUT2D eigenvalue weighted by atomic mass is 10.1. The SMILES string of the molecule is C=CC1CC(C)N=N1. The van der Waals surface area contributed by atoms with E-state index >= 15 is 0 Å². The van der Waals surface area contributed by atoms with Crippen molar-refractivity contribution in [2.24, 2.45) is 10.2 Å². The van der Waals surface area contributed by atoms with E-state index in [4.69, 9.17) is 0 Å². The topological polar surface area (TPSA) is 24.7 Å². The standard InChI is InChI=1S/C6H10N2/c1-3-6-4-5(2)7-8-6/h3,5-6H,1,4H2,2H3. The van der Waals surface area contributed by atoms with Crippen molar-refractivity contribution in [3.63, 3.8) is 0 Å². The Labute approximate surface area is 49.3 Å². The van der Waals surface area contributed by atoms with Gasteiger partial charge >= 0.3 is 0 Å². The van der Waals surface area contributed by atoms with Crippen LogP contribution in [0, 0.1) is 0 Å². The first-order valence-corrected chi connectivity index (χ1v) is 2.85. The molecule has 2 unspecified atom stereocenters.